The molecule has 50 heavy (non-hydrogen) atoms. The molecule has 1 amide bonds. The highest BCUT2D eigenvalue weighted by atomic mass is 28.3. The molecule has 4 heterocycles. The van der Waals surface area contributed by atoms with Crippen LogP contribution in [-0.2, 0) is 11.4 Å². The SMILES string of the molecule is CC(C)[Si](C#Cc1cccc2cccc(-c3ncc4c(c3F)CN(OC[C@@H]3CCCN3C)C=C4N3CCN(C(=O)O)CC3)c12)(C(C)C)C(C)C. The fourth-order valence-electron chi connectivity index (χ4n) is 8.59. The molecule has 0 unspecified atom stereocenters. The number of aromatic nitrogens is 1. The molecule has 2 saturated heterocycles. The maximum absolute atomic E-state index is 17.2. The van der Waals surface area contributed by atoms with Gasteiger partial charge >= 0.3 is 6.09 Å². The Morgan fingerprint density at radius 1 is 1.00 bits per heavy atom. The van der Waals surface area contributed by atoms with Gasteiger partial charge in [0.15, 0.2) is 5.82 Å². The molecule has 266 valence electrons. The second-order valence-electron chi connectivity index (χ2n) is 15.1. The number of rotatable bonds is 8. The minimum atomic E-state index is -2.01. The summed E-state index contributed by atoms with van der Waals surface area (Å²) in [4.78, 5) is 28.7. The first kappa shape index (κ1) is 35.9. The third-order valence-electron chi connectivity index (χ3n) is 11.4. The van der Waals surface area contributed by atoms with Crippen molar-refractivity contribution >= 4 is 30.6 Å². The number of nitrogens with zero attached hydrogens (tertiary/aromatic N) is 5. The number of piperazine rings is 1. The normalized spacial score (nSPS) is 18.6. The summed E-state index contributed by atoms with van der Waals surface area (Å²) < 4.78 is 17.2. The number of halogens is 1. The van der Waals surface area contributed by atoms with E-state index in [9.17, 15) is 9.90 Å². The molecule has 1 aromatic heterocycles. The van der Waals surface area contributed by atoms with Crippen molar-refractivity contribution in [3.63, 3.8) is 0 Å². The maximum atomic E-state index is 17.2. The van der Waals surface area contributed by atoms with Crippen molar-refractivity contribution in [2.24, 2.45) is 0 Å². The van der Waals surface area contributed by atoms with E-state index in [-0.39, 0.29) is 12.4 Å². The van der Waals surface area contributed by atoms with Crippen LogP contribution < -0.4 is 0 Å². The summed E-state index contributed by atoms with van der Waals surface area (Å²) in [6.45, 7) is 17.4. The first-order valence-corrected chi connectivity index (χ1v) is 20.4. The van der Waals surface area contributed by atoms with Crippen LogP contribution >= 0.6 is 0 Å². The highest BCUT2D eigenvalue weighted by molar-refractivity contribution is 6.90. The van der Waals surface area contributed by atoms with E-state index >= 15 is 4.39 Å². The zero-order valence-corrected chi connectivity index (χ0v) is 31.7. The zero-order valence-electron chi connectivity index (χ0n) is 30.7. The number of likely N-dealkylation sites (N-methyl/N-ethyl adjacent to an activating group) is 1. The van der Waals surface area contributed by atoms with Gasteiger partial charge in [-0.05, 0) is 54.5 Å². The number of hydrogen-bond acceptors (Lipinski definition) is 6. The molecule has 1 atom stereocenters. The van der Waals surface area contributed by atoms with Crippen molar-refractivity contribution in [1.82, 2.24) is 24.7 Å². The summed E-state index contributed by atoms with van der Waals surface area (Å²) in [5, 5.41) is 13.2. The van der Waals surface area contributed by atoms with Gasteiger partial charge in [-0.15, -0.1) is 5.54 Å². The number of benzene rings is 2. The Balaban J connectivity index is 1.43. The minimum Gasteiger partial charge on any atom is -0.465 e. The summed E-state index contributed by atoms with van der Waals surface area (Å²) in [6, 6.07) is 12.4. The molecule has 2 fully saturated rings. The van der Waals surface area contributed by atoms with Gasteiger partial charge in [-0.3, -0.25) is 14.9 Å². The van der Waals surface area contributed by atoms with Crippen LogP contribution in [0.2, 0.25) is 16.6 Å². The van der Waals surface area contributed by atoms with E-state index in [1.165, 1.54) is 4.90 Å². The second kappa shape index (κ2) is 14.7. The summed E-state index contributed by atoms with van der Waals surface area (Å²) in [5.41, 5.74) is 9.35. The zero-order chi connectivity index (χ0) is 35.7. The lowest BCUT2D eigenvalue weighted by Crippen LogP contribution is -2.48. The van der Waals surface area contributed by atoms with Gasteiger partial charge in [-0.25, -0.2) is 9.18 Å². The molecule has 3 aromatic rings. The van der Waals surface area contributed by atoms with Gasteiger partial charge in [-0.1, -0.05) is 77.8 Å². The smallest absolute Gasteiger partial charge is 0.407 e. The Labute approximate surface area is 297 Å². The molecular weight excluding hydrogens is 646 g/mol. The maximum Gasteiger partial charge on any atom is 0.407 e. The Morgan fingerprint density at radius 3 is 2.30 bits per heavy atom. The van der Waals surface area contributed by atoms with Crippen molar-refractivity contribution in [2.75, 3.05) is 46.4 Å². The number of carbonyl (C=O) groups is 1. The molecule has 0 spiro atoms. The molecule has 0 radical (unpaired) electrons. The molecule has 2 aromatic carbocycles. The van der Waals surface area contributed by atoms with Crippen LogP contribution in [0.1, 0.15) is 71.1 Å². The molecule has 10 heteroatoms. The summed E-state index contributed by atoms with van der Waals surface area (Å²) in [6.07, 6.45) is 5.01. The number of carboxylic acid groups (broad SMARTS) is 1. The van der Waals surface area contributed by atoms with Gasteiger partial charge in [-0.2, -0.15) is 0 Å². The number of fused-ring (bicyclic) bond motifs is 2. The van der Waals surface area contributed by atoms with E-state index in [0.29, 0.717) is 66.7 Å². The molecule has 8 nitrogen and oxygen atoms in total. The fraction of sp³-hybridized carbons (Fsp3) is 0.500. The van der Waals surface area contributed by atoms with Crippen molar-refractivity contribution in [3.8, 4) is 22.7 Å². The van der Waals surface area contributed by atoms with Crippen molar-refractivity contribution in [3.05, 3.63) is 71.3 Å². The molecule has 0 saturated carbocycles. The van der Waals surface area contributed by atoms with Crippen LogP contribution in [-0.4, -0.2) is 96.4 Å². The average molecular weight is 698 g/mol. The van der Waals surface area contributed by atoms with E-state index in [2.05, 4.69) is 88.1 Å². The predicted molar refractivity (Wildman–Crippen MR) is 201 cm³/mol. The average Bonchev–Trinajstić information content (AvgIpc) is 3.51. The van der Waals surface area contributed by atoms with E-state index in [4.69, 9.17) is 9.82 Å². The van der Waals surface area contributed by atoms with E-state index in [1.54, 1.807) is 11.3 Å². The third-order valence-corrected chi connectivity index (χ3v) is 17.7. The first-order chi connectivity index (χ1) is 23.9. The molecular formula is C40H52FN5O3Si. The van der Waals surface area contributed by atoms with Crippen molar-refractivity contribution in [2.45, 2.75) is 83.6 Å². The minimum absolute atomic E-state index is 0.244. The van der Waals surface area contributed by atoms with Gasteiger partial charge in [0.05, 0.1) is 25.0 Å². The van der Waals surface area contributed by atoms with E-state index < -0.39 is 14.2 Å². The van der Waals surface area contributed by atoms with Gasteiger partial charge in [0.2, 0.25) is 0 Å². The van der Waals surface area contributed by atoms with Gasteiger partial charge < -0.3 is 19.8 Å². The second-order valence-corrected chi connectivity index (χ2v) is 20.7. The van der Waals surface area contributed by atoms with E-state index in [1.807, 2.05) is 24.4 Å². The van der Waals surface area contributed by atoms with Crippen LogP contribution in [0.3, 0.4) is 0 Å². The third kappa shape index (κ3) is 6.75. The van der Waals surface area contributed by atoms with Crippen molar-refractivity contribution < 1.29 is 19.1 Å². The molecule has 0 bridgehead atoms. The number of likely N-dealkylation sites (tertiary alicyclic amines) is 1. The lowest BCUT2D eigenvalue weighted by Gasteiger charge is -2.39. The monoisotopic (exact) mass is 697 g/mol. The van der Waals surface area contributed by atoms with Crippen LogP contribution in [0.15, 0.2) is 48.8 Å². The Morgan fingerprint density at radius 2 is 1.68 bits per heavy atom. The quantitative estimate of drug-likeness (QED) is 0.189. The predicted octanol–water partition coefficient (Wildman–Crippen LogP) is 8.05. The Kier molecular flexibility index (Phi) is 10.6. The number of pyridine rings is 1. The van der Waals surface area contributed by atoms with Crippen LogP contribution in [0.4, 0.5) is 9.18 Å². The van der Waals surface area contributed by atoms with Crippen molar-refractivity contribution in [1.29, 1.82) is 0 Å². The Bertz CT molecular complexity index is 1800. The highest BCUT2D eigenvalue weighted by Crippen LogP contribution is 2.42. The molecule has 3 aliphatic rings. The largest absolute Gasteiger partial charge is 0.465 e. The molecule has 0 aliphatic carbocycles. The molecule has 1 N–H and O–H groups in total. The first-order valence-electron chi connectivity index (χ1n) is 18.2. The summed E-state index contributed by atoms with van der Waals surface area (Å²) >= 11 is 0. The lowest BCUT2D eigenvalue weighted by atomic mass is 9.94. The van der Waals surface area contributed by atoms with Crippen LogP contribution in [0, 0.1) is 17.3 Å². The highest BCUT2D eigenvalue weighted by Gasteiger charge is 2.42. The topological polar surface area (TPSA) is 72.4 Å². The summed E-state index contributed by atoms with van der Waals surface area (Å²) in [7, 11) is 0.108. The summed E-state index contributed by atoms with van der Waals surface area (Å²) in [5.74, 6) is 3.28. The number of hydroxylamine groups is 2. The molecule has 3 aliphatic heterocycles. The lowest BCUT2D eigenvalue weighted by molar-refractivity contribution is -0.141. The van der Waals surface area contributed by atoms with Crippen LogP contribution in [0.5, 0.6) is 0 Å². The van der Waals surface area contributed by atoms with E-state index in [0.717, 1.165) is 52.5 Å². The van der Waals surface area contributed by atoms with Gasteiger partial charge in [0.25, 0.3) is 0 Å². The number of amides is 1. The molecule has 6 rings (SSSR count). The van der Waals surface area contributed by atoms with Gasteiger partial charge in [0, 0.05) is 66.1 Å². The van der Waals surface area contributed by atoms with Crippen LogP contribution in [0.25, 0.3) is 27.7 Å². The Hall–Kier alpha value is -3.91. The van der Waals surface area contributed by atoms with Gasteiger partial charge in [0.1, 0.15) is 13.8 Å². The fourth-order valence-corrected chi connectivity index (χ4v) is 13.8. The standard InChI is InChI=1S/C40H52FN5O3Si/c1-27(2)50(28(3)4,29(5)6)22-16-31-12-8-11-30-13-9-15-33(37(30)31)39-38(41)35-24-46(49-26-32-14-10-17-43(32)7)25-36(34(35)23-42-39)44-18-20-45(21-19-44)40(47)48/h8-9,11-13,15,23,25,27-29,32H,10,14,17-21,24,26H2,1-7H3,(H,47,48)/t32-/m0/s1. The number of hydrogen-bond donors (Lipinski definition) is 1.